The zero-order valence-electron chi connectivity index (χ0n) is 15.0. The number of anilines is 1. The smallest absolute Gasteiger partial charge is 0.310 e. The van der Waals surface area contributed by atoms with Crippen LogP contribution in [0.25, 0.3) is 10.4 Å². The first kappa shape index (κ1) is 20.4. The second-order valence-corrected chi connectivity index (χ2v) is 7.84. The molecule has 0 atom stereocenters. The van der Waals surface area contributed by atoms with Crippen LogP contribution in [0, 0.1) is 0 Å². The van der Waals surface area contributed by atoms with Gasteiger partial charge in [0.2, 0.25) is 0 Å². The van der Waals surface area contributed by atoms with Gasteiger partial charge in [0.25, 0.3) is 5.91 Å². The minimum Gasteiger partial charge on any atom is -0.466 e. The molecule has 3 rings (SSSR count). The number of benzene rings is 2. The molecule has 4 nitrogen and oxygen atoms in total. The molecule has 0 aliphatic carbocycles. The summed E-state index contributed by atoms with van der Waals surface area (Å²) < 4.78 is 5.06. The number of esters is 1. The fourth-order valence-corrected chi connectivity index (χ4v) is 3.94. The summed E-state index contributed by atoms with van der Waals surface area (Å²) in [5.41, 5.74) is 2.27. The van der Waals surface area contributed by atoms with E-state index in [1.54, 1.807) is 49.4 Å². The third-order valence-corrected chi connectivity index (χ3v) is 5.61. The Bertz CT molecular complexity index is 982. The van der Waals surface area contributed by atoms with Crippen molar-refractivity contribution in [1.29, 1.82) is 0 Å². The highest BCUT2D eigenvalue weighted by molar-refractivity contribution is 7.17. The monoisotopic (exact) mass is 433 g/mol. The van der Waals surface area contributed by atoms with E-state index >= 15 is 0 Å². The number of amides is 1. The minimum atomic E-state index is -0.333. The Morgan fingerprint density at radius 1 is 1.00 bits per heavy atom. The van der Waals surface area contributed by atoms with Crippen molar-refractivity contribution in [2.75, 3.05) is 11.9 Å². The Hall–Kier alpha value is -2.34. The van der Waals surface area contributed by atoms with Crippen molar-refractivity contribution in [3.8, 4) is 10.4 Å². The van der Waals surface area contributed by atoms with Crippen molar-refractivity contribution >= 4 is 52.1 Å². The van der Waals surface area contributed by atoms with E-state index < -0.39 is 0 Å². The Labute approximate surface area is 177 Å². The number of rotatable bonds is 6. The molecule has 0 radical (unpaired) electrons. The van der Waals surface area contributed by atoms with E-state index in [0.717, 1.165) is 16.0 Å². The lowest BCUT2D eigenvalue weighted by Crippen LogP contribution is -2.10. The predicted octanol–water partition coefficient (Wildman–Crippen LogP) is 6.08. The SMILES string of the molecule is CCOC(=O)Cc1cc(C(=O)Nc2ccc(Cl)cc2)sc1-c1ccc(Cl)cc1. The minimum absolute atomic E-state index is 0.0938. The van der Waals surface area contributed by atoms with Gasteiger partial charge in [-0.15, -0.1) is 11.3 Å². The lowest BCUT2D eigenvalue weighted by molar-refractivity contribution is -0.142. The van der Waals surface area contributed by atoms with Gasteiger partial charge in [0.15, 0.2) is 0 Å². The first-order chi connectivity index (χ1) is 13.5. The first-order valence-corrected chi connectivity index (χ1v) is 10.1. The van der Waals surface area contributed by atoms with Gasteiger partial charge in [-0.1, -0.05) is 35.3 Å². The summed E-state index contributed by atoms with van der Waals surface area (Å²) in [5.74, 6) is -0.585. The van der Waals surface area contributed by atoms with Crippen LogP contribution in [0.3, 0.4) is 0 Å². The molecule has 0 saturated carbocycles. The number of hydrogen-bond acceptors (Lipinski definition) is 4. The van der Waals surface area contributed by atoms with Crippen molar-refractivity contribution in [2.45, 2.75) is 13.3 Å². The highest BCUT2D eigenvalue weighted by atomic mass is 35.5. The molecule has 1 aromatic heterocycles. The standard InChI is InChI=1S/C21H17Cl2NO3S/c1-2-27-19(25)12-14-11-18(21(26)24-17-9-7-16(23)8-10-17)28-20(14)13-3-5-15(22)6-4-13/h3-11H,2,12H2,1H3,(H,24,26). The van der Waals surface area contributed by atoms with Gasteiger partial charge >= 0.3 is 5.97 Å². The van der Waals surface area contributed by atoms with E-state index in [4.69, 9.17) is 27.9 Å². The normalized spacial score (nSPS) is 10.5. The average Bonchev–Trinajstić information content (AvgIpc) is 3.08. The molecule has 7 heteroatoms. The highest BCUT2D eigenvalue weighted by Crippen LogP contribution is 2.34. The summed E-state index contributed by atoms with van der Waals surface area (Å²) in [4.78, 5) is 26.0. The van der Waals surface area contributed by atoms with Crippen LogP contribution in [0.15, 0.2) is 54.6 Å². The zero-order chi connectivity index (χ0) is 20.1. The molecule has 0 aliphatic heterocycles. The summed E-state index contributed by atoms with van der Waals surface area (Å²) in [7, 11) is 0. The van der Waals surface area contributed by atoms with Gasteiger partial charge in [0.05, 0.1) is 17.9 Å². The van der Waals surface area contributed by atoms with Crippen LogP contribution in [0.1, 0.15) is 22.2 Å². The quantitative estimate of drug-likeness (QED) is 0.479. The predicted molar refractivity (Wildman–Crippen MR) is 115 cm³/mol. The highest BCUT2D eigenvalue weighted by Gasteiger charge is 2.19. The molecule has 2 aromatic carbocycles. The van der Waals surface area contributed by atoms with Gasteiger partial charge in [-0.05, 0) is 60.5 Å². The van der Waals surface area contributed by atoms with Gasteiger partial charge in [0, 0.05) is 20.6 Å². The molecule has 0 aliphatic rings. The van der Waals surface area contributed by atoms with Crippen molar-refractivity contribution in [3.63, 3.8) is 0 Å². The van der Waals surface area contributed by atoms with Crippen LogP contribution in [-0.4, -0.2) is 18.5 Å². The summed E-state index contributed by atoms with van der Waals surface area (Å²) >= 11 is 13.2. The Morgan fingerprint density at radius 3 is 2.21 bits per heavy atom. The van der Waals surface area contributed by atoms with Crippen LogP contribution in [0.5, 0.6) is 0 Å². The average molecular weight is 434 g/mol. The number of carbonyl (C=O) groups excluding carboxylic acids is 2. The number of halogens is 2. The van der Waals surface area contributed by atoms with Crippen LogP contribution in [0.2, 0.25) is 10.0 Å². The van der Waals surface area contributed by atoms with E-state index in [9.17, 15) is 9.59 Å². The summed E-state index contributed by atoms with van der Waals surface area (Å²) in [6, 6.07) is 15.9. The van der Waals surface area contributed by atoms with Crippen LogP contribution in [-0.2, 0) is 16.0 Å². The number of carbonyl (C=O) groups is 2. The van der Waals surface area contributed by atoms with Crippen molar-refractivity contribution < 1.29 is 14.3 Å². The maximum atomic E-state index is 12.7. The van der Waals surface area contributed by atoms with Gasteiger partial charge in [-0.3, -0.25) is 9.59 Å². The van der Waals surface area contributed by atoms with Crippen molar-refractivity contribution in [2.24, 2.45) is 0 Å². The van der Waals surface area contributed by atoms with E-state index in [1.807, 2.05) is 12.1 Å². The lowest BCUT2D eigenvalue weighted by atomic mass is 10.1. The van der Waals surface area contributed by atoms with Gasteiger partial charge in [0.1, 0.15) is 0 Å². The van der Waals surface area contributed by atoms with Crippen molar-refractivity contribution in [3.05, 3.63) is 75.1 Å². The molecular formula is C21H17Cl2NO3S. The molecule has 144 valence electrons. The maximum absolute atomic E-state index is 12.7. The van der Waals surface area contributed by atoms with E-state index in [2.05, 4.69) is 5.32 Å². The second-order valence-electron chi connectivity index (χ2n) is 5.91. The molecule has 0 fully saturated rings. The van der Waals surface area contributed by atoms with Gasteiger partial charge < -0.3 is 10.1 Å². The third-order valence-electron chi connectivity index (χ3n) is 3.88. The molecule has 3 aromatic rings. The summed E-state index contributed by atoms with van der Waals surface area (Å²) in [6.07, 6.45) is 0.0938. The Kier molecular flexibility index (Phi) is 6.73. The van der Waals surface area contributed by atoms with Crippen LogP contribution >= 0.6 is 34.5 Å². The Morgan fingerprint density at radius 2 is 1.61 bits per heavy atom. The number of ether oxygens (including phenoxy) is 1. The summed E-state index contributed by atoms with van der Waals surface area (Å²) in [5, 5.41) is 4.05. The molecular weight excluding hydrogens is 417 g/mol. The van der Waals surface area contributed by atoms with Crippen molar-refractivity contribution in [1.82, 2.24) is 0 Å². The maximum Gasteiger partial charge on any atom is 0.310 e. The number of nitrogens with one attached hydrogen (secondary N) is 1. The van der Waals surface area contributed by atoms with E-state index in [1.165, 1.54) is 11.3 Å². The Balaban J connectivity index is 1.90. The fourth-order valence-electron chi connectivity index (χ4n) is 2.61. The molecule has 0 saturated heterocycles. The van der Waals surface area contributed by atoms with Crippen LogP contribution in [0.4, 0.5) is 5.69 Å². The van der Waals surface area contributed by atoms with Crippen LogP contribution < -0.4 is 5.32 Å². The molecule has 1 N–H and O–H groups in total. The molecule has 1 heterocycles. The van der Waals surface area contributed by atoms with Gasteiger partial charge in [-0.25, -0.2) is 0 Å². The number of thiophene rings is 1. The summed E-state index contributed by atoms with van der Waals surface area (Å²) in [6.45, 7) is 2.07. The first-order valence-electron chi connectivity index (χ1n) is 8.57. The zero-order valence-corrected chi connectivity index (χ0v) is 17.3. The largest absolute Gasteiger partial charge is 0.466 e. The molecule has 0 unspecified atom stereocenters. The second kappa shape index (κ2) is 9.24. The molecule has 0 spiro atoms. The molecule has 1 amide bonds. The third kappa shape index (κ3) is 5.13. The lowest BCUT2D eigenvalue weighted by Gasteiger charge is -2.04. The topological polar surface area (TPSA) is 55.4 Å². The van der Waals surface area contributed by atoms with Gasteiger partial charge in [-0.2, -0.15) is 0 Å². The molecule has 0 bridgehead atoms. The number of hydrogen-bond donors (Lipinski definition) is 1. The van der Waals surface area contributed by atoms with E-state index in [0.29, 0.717) is 27.2 Å². The molecule has 28 heavy (non-hydrogen) atoms. The fraction of sp³-hybridized carbons (Fsp3) is 0.143. The van der Waals surface area contributed by atoms with E-state index in [-0.39, 0.29) is 18.3 Å².